The molecule has 1 amide bonds. The standard InChI is InChI=1S/C17H23ClN2OSi/c1-16(2)12-8-9-13(18)19-14(12)17(3,15(21)20-16)10-7-11-22(4,5)6/h8-9H,10H2,1-6H3,(H,20,21). The molecule has 1 aliphatic heterocycles. The maximum atomic E-state index is 12.7. The van der Waals surface area contributed by atoms with Crippen LogP contribution in [0.15, 0.2) is 12.1 Å². The van der Waals surface area contributed by atoms with Crippen molar-refractivity contribution in [3.05, 3.63) is 28.5 Å². The molecule has 1 atom stereocenters. The highest BCUT2D eigenvalue weighted by molar-refractivity contribution is 6.83. The molecule has 1 aliphatic rings. The van der Waals surface area contributed by atoms with Crippen LogP contribution in [0.5, 0.6) is 0 Å². The van der Waals surface area contributed by atoms with Crippen molar-refractivity contribution in [3.8, 4) is 11.5 Å². The number of carbonyl (C=O) groups is 1. The van der Waals surface area contributed by atoms with Crippen LogP contribution in [0.4, 0.5) is 0 Å². The number of halogens is 1. The van der Waals surface area contributed by atoms with Gasteiger partial charge in [-0.25, -0.2) is 4.98 Å². The molecule has 1 unspecified atom stereocenters. The van der Waals surface area contributed by atoms with Gasteiger partial charge in [-0.05, 0) is 32.4 Å². The molecule has 0 fully saturated rings. The van der Waals surface area contributed by atoms with Gasteiger partial charge in [0.05, 0.1) is 16.6 Å². The summed E-state index contributed by atoms with van der Waals surface area (Å²) in [5.41, 5.74) is 3.88. The van der Waals surface area contributed by atoms with E-state index in [2.05, 4.69) is 41.4 Å². The first kappa shape index (κ1) is 17.0. The van der Waals surface area contributed by atoms with E-state index in [1.54, 1.807) is 6.07 Å². The molecular formula is C17H23ClN2OSi. The molecule has 3 nitrogen and oxygen atoms in total. The molecule has 118 valence electrons. The third-order valence-electron chi connectivity index (χ3n) is 3.89. The summed E-state index contributed by atoms with van der Waals surface area (Å²) in [5, 5.41) is 3.50. The molecule has 2 heterocycles. The molecule has 0 radical (unpaired) electrons. The van der Waals surface area contributed by atoms with Gasteiger partial charge >= 0.3 is 0 Å². The summed E-state index contributed by atoms with van der Waals surface area (Å²) in [6.45, 7) is 12.4. The minimum atomic E-state index is -1.47. The second-order valence-electron chi connectivity index (χ2n) is 7.67. The van der Waals surface area contributed by atoms with E-state index >= 15 is 0 Å². The second-order valence-corrected chi connectivity index (χ2v) is 12.8. The van der Waals surface area contributed by atoms with Gasteiger partial charge in [0.1, 0.15) is 13.2 Å². The fourth-order valence-electron chi connectivity index (χ4n) is 2.61. The number of nitrogens with zero attached hydrogens (tertiary/aromatic N) is 1. The van der Waals surface area contributed by atoms with Crippen LogP contribution in [-0.2, 0) is 15.7 Å². The highest BCUT2D eigenvalue weighted by Gasteiger charge is 2.47. The smallest absolute Gasteiger partial charge is 0.233 e. The predicted molar refractivity (Wildman–Crippen MR) is 93.5 cm³/mol. The van der Waals surface area contributed by atoms with Crippen molar-refractivity contribution < 1.29 is 4.79 Å². The predicted octanol–water partition coefficient (Wildman–Crippen LogP) is 3.63. The monoisotopic (exact) mass is 334 g/mol. The number of aromatic nitrogens is 1. The van der Waals surface area contributed by atoms with E-state index in [4.69, 9.17) is 11.6 Å². The zero-order valence-corrected chi connectivity index (χ0v) is 15.9. The van der Waals surface area contributed by atoms with Crippen LogP contribution in [0.25, 0.3) is 0 Å². The highest BCUT2D eigenvalue weighted by Crippen LogP contribution is 2.39. The maximum absolute atomic E-state index is 12.7. The summed E-state index contributed by atoms with van der Waals surface area (Å²) in [7, 11) is -1.47. The lowest BCUT2D eigenvalue weighted by molar-refractivity contribution is -0.129. The molecule has 1 aromatic heterocycles. The van der Waals surface area contributed by atoms with Crippen LogP contribution in [0.1, 0.15) is 38.4 Å². The Hall–Kier alpha value is -1.31. The summed E-state index contributed by atoms with van der Waals surface area (Å²) in [4.78, 5) is 17.2. The minimum Gasteiger partial charge on any atom is -0.346 e. The van der Waals surface area contributed by atoms with E-state index in [0.29, 0.717) is 11.6 Å². The Bertz CT molecular complexity index is 682. The molecule has 0 aromatic carbocycles. The van der Waals surface area contributed by atoms with Gasteiger partial charge in [0.2, 0.25) is 5.91 Å². The molecule has 0 bridgehead atoms. The van der Waals surface area contributed by atoms with Crippen molar-refractivity contribution >= 4 is 25.6 Å². The fraction of sp³-hybridized carbons (Fsp3) is 0.529. The Morgan fingerprint density at radius 1 is 1.27 bits per heavy atom. The summed E-state index contributed by atoms with van der Waals surface area (Å²) >= 11 is 6.08. The first-order valence-electron chi connectivity index (χ1n) is 7.46. The van der Waals surface area contributed by atoms with Crippen LogP contribution in [0, 0.1) is 11.5 Å². The van der Waals surface area contributed by atoms with E-state index in [-0.39, 0.29) is 5.91 Å². The Kier molecular flexibility index (Phi) is 4.18. The largest absolute Gasteiger partial charge is 0.346 e. The summed E-state index contributed by atoms with van der Waals surface area (Å²) in [5.74, 6) is 3.18. The number of rotatable bonds is 1. The third-order valence-corrected chi connectivity index (χ3v) is 5.03. The van der Waals surface area contributed by atoms with Crippen molar-refractivity contribution in [2.45, 2.75) is 57.8 Å². The summed E-state index contributed by atoms with van der Waals surface area (Å²) < 4.78 is 0. The number of hydrogen-bond donors (Lipinski definition) is 1. The van der Waals surface area contributed by atoms with Gasteiger partial charge < -0.3 is 5.32 Å². The number of fused-ring (bicyclic) bond motifs is 1. The average Bonchev–Trinajstić information content (AvgIpc) is 2.34. The zero-order chi connectivity index (χ0) is 16.8. The van der Waals surface area contributed by atoms with Crippen molar-refractivity contribution in [2.75, 3.05) is 0 Å². The first-order chi connectivity index (χ1) is 9.96. The van der Waals surface area contributed by atoms with Crippen LogP contribution in [0.3, 0.4) is 0 Å². The quantitative estimate of drug-likeness (QED) is 0.484. The fourth-order valence-corrected chi connectivity index (χ4v) is 3.37. The molecular weight excluding hydrogens is 312 g/mol. The molecule has 0 aliphatic carbocycles. The van der Waals surface area contributed by atoms with Crippen LogP contribution >= 0.6 is 11.6 Å². The maximum Gasteiger partial charge on any atom is 0.233 e. The average molecular weight is 335 g/mol. The first-order valence-corrected chi connectivity index (χ1v) is 11.3. The lowest BCUT2D eigenvalue weighted by Crippen LogP contribution is -2.56. The Morgan fingerprint density at radius 2 is 1.91 bits per heavy atom. The number of carbonyl (C=O) groups excluding carboxylic acids is 1. The Morgan fingerprint density at radius 3 is 2.50 bits per heavy atom. The zero-order valence-electron chi connectivity index (χ0n) is 14.1. The SMILES string of the molecule is CC1(C)NC(=O)C(C)(CC#C[Si](C)(C)C)c2nc(Cl)ccc21. The van der Waals surface area contributed by atoms with E-state index in [1.165, 1.54) is 0 Å². The lowest BCUT2D eigenvalue weighted by atomic mass is 9.72. The molecule has 22 heavy (non-hydrogen) atoms. The van der Waals surface area contributed by atoms with Crippen LogP contribution in [0.2, 0.25) is 24.8 Å². The van der Waals surface area contributed by atoms with Gasteiger partial charge in [0, 0.05) is 6.42 Å². The normalized spacial score (nSPS) is 23.1. The van der Waals surface area contributed by atoms with Crippen molar-refractivity contribution in [3.63, 3.8) is 0 Å². The van der Waals surface area contributed by atoms with E-state index in [1.807, 2.05) is 26.8 Å². The molecule has 0 saturated heterocycles. The van der Waals surface area contributed by atoms with Gasteiger partial charge in [0.15, 0.2) is 0 Å². The van der Waals surface area contributed by atoms with E-state index in [9.17, 15) is 4.79 Å². The highest BCUT2D eigenvalue weighted by atomic mass is 35.5. The lowest BCUT2D eigenvalue weighted by Gasteiger charge is -2.41. The summed E-state index contributed by atoms with van der Waals surface area (Å²) in [6, 6.07) is 3.72. The molecule has 2 rings (SSSR count). The van der Waals surface area contributed by atoms with Crippen molar-refractivity contribution in [1.82, 2.24) is 10.3 Å². The number of hydrogen-bond acceptors (Lipinski definition) is 2. The molecule has 0 saturated carbocycles. The molecule has 0 spiro atoms. The Balaban J connectivity index is 2.53. The molecule has 5 heteroatoms. The van der Waals surface area contributed by atoms with Gasteiger partial charge in [-0.3, -0.25) is 4.79 Å². The topological polar surface area (TPSA) is 42.0 Å². The third kappa shape index (κ3) is 3.21. The van der Waals surface area contributed by atoms with Crippen molar-refractivity contribution in [1.29, 1.82) is 0 Å². The van der Waals surface area contributed by atoms with E-state index in [0.717, 1.165) is 11.3 Å². The van der Waals surface area contributed by atoms with Gasteiger partial charge in [0.25, 0.3) is 0 Å². The number of pyridine rings is 1. The van der Waals surface area contributed by atoms with E-state index < -0.39 is 19.0 Å². The van der Waals surface area contributed by atoms with Gasteiger partial charge in [-0.1, -0.05) is 37.3 Å². The summed E-state index contributed by atoms with van der Waals surface area (Å²) in [6.07, 6.45) is 0.458. The Labute approximate surface area is 138 Å². The van der Waals surface area contributed by atoms with Gasteiger partial charge in [-0.15, -0.1) is 11.5 Å². The van der Waals surface area contributed by atoms with Crippen LogP contribution < -0.4 is 5.32 Å². The molecule has 1 aromatic rings. The van der Waals surface area contributed by atoms with Gasteiger partial charge in [-0.2, -0.15) is 0 Å². The minimum absolute atomic E-state index is 0.0374. The van der Waals surface area contributed by atoms with Crippen molar-refractivity contribution in [2.24, 2.45) is 0 Å². The number of nitrogens with one attached hydrogen (secondary N) is 1. The second kappa shape index (κ2) is 5.40. The van der Waals surface area contributed by atoms with Crippen LogP contribution in [-0.4, -0.2) is 19.0 Å². The molecule has 1 N–H and O–H groups in total. The number of amides is 1.